The van der Waals surface area contributed by atoms with Gasteiger partial charge in [0.25, 0.3) is 9.39 Å². The summed E-state index contributed by atoms with van der Waals surface area (Å²) in [4.78, 5) is 0. The summed E-state index contributed by atoms with van der Waals surface area (Å²) >= 11 is 0. The Morgan fingerprint density at radius 1 is 2.00 bits per heavy atom. The number of hydrogen-bond donors (Lipinski definition) is 1. The minimum absolute atomic E-state index is 0.599. The molecule has 0 fully saturated rings. The van der Waals surface area contributed by atoms with Gasteiger partial charge in [-0.1, -0.05) is 0 Å². The molecule has 0 aliphatic carbocycles. The molecule has 0 aromatic heterocycles. The first-order chi connectivity index (χ1) is 1.73. The summed E-state index contributed by atoms with van der Waals surface area (Å²) in [5, 5.41) is 4.65. The fraction of sp³-hybridized carbons (Fsp3) is 0. The van der Waals surface area contributed by atoms with E-state index in [1.165, 1.54) is 0 Å². The normalized spacial score (nSPS) is 16.5. The predicted octanol–water partition coefficient (Wildman–Crippen LogP) is -2.11. The molecule has 0 saturated carbocycles. The van der Waals surface area contributed by atoms with E-state index in [0.717, 1.165) is 0 Å². The van der Waals surface area contributed by atoms with Gasteiger partial charge in [0.15, 0.2) is 0 Å². The first-order valence-electron chi connectivity index (χ1n) is 0.811. The maximum Gasteiger partial charge on any atom is 0.271 e. The first kappa shape index (κ1) is 4.49. The molecule has 0 aromatic carbocycles. The Hall–Kier alpha value is 0.487. The summed E-state index contributed by atoms with van der Waals surface area (Å²) < 4.78 is 9.40. The zero-order valence-electron chi connectivity index (χ0n) is 2.39. The van der Waals surface area contributed by atoms with Crippen LogP contribution in [0.2, 0.25) is 0 Å². The van der Waals surface area contributed by atoms with E-state index in [4.69, 9.17) is 0 Å². The highest BCUT2D eigenvalue weighted by Gasteiger charge is 1.66. The lowest BCUT2D eigenvalue weighted by atomic mass is 14.0. The molecule has 1 atom stereocenters. The maximum atomic E-state index is 9.40. The minimum Gasteiger partial charge on any atom is -0.614 e. The minimum atomic E-state index is -0.972. The van der Waals surface area contributed by atoms with Gasteiger partial charge in [-0.25, -0.2) is 0 Å². The molecule has 0 radical (unpaired) electrons. The van der Waals surface area contributed by atoms with Gasteiger partial charge in [0, 0.05) is 0 Å². The number of nitrogens with two attached hydrogens (primary N) is 1. The third-order valence-corrected chi connectivity index (χ3v) is 0. The van der Waals surface area contributed by atoms with Crippen LogP contribution in [0.4, 0.5) is 0 Å². The Morgan fingerprint density at radius 3 is 2.00 bits per heavy atom. The molecule has 0 spiro atoms. The quantitative estimate of drug-likeness (QED) is 0.276. The van der Waals surface area contributed by atoms with Crippen molar-refractivity contribution in [3.05, 3.63) is 0 Å². The van der Waals surface area contributed by atoms with Crippen molar-refractivity contribution in [2.24, 2.45) is 5.14 Å². The molecule has 0 saturated heterocycles. The summed E-state index contributed by atoms with van der Waals surface area (Å²) in [6.07, 6.45) is 0. The van der Waals surface area contributed by atoms with Gasteiger partial charge >= 0.3 is 0 Å². The lowest BCUT2D eigenvalue weighted by Gasteiger charge is -1.88. The Labute approximate surface area is 30.8 Å². The topological polar surface area (TPSA) is 49.1 Å². The van der Waals surface area contributed by atoms with Crippen molar-refractivity contribution in [1.29, 1.82) is 0 Å². The molecule has 26 valence electrons. The van der Waals surface area contributed by atoms with Gasteiger partial charge in [-0.15, -0.1) is 0 Å². The lowest BCUT2D eigenvalue weighted by Crippen LogP contribution is -2.09. The molecule has 2 nitrogen and oxygen atoms in total. The Morgan fingerprint density at radius 2 is 2.00 bits per heavy atom. The van der Waals surface area contributed by atoms with Gasteiger partial charge < -0.3 is 4.55 Å². The van der Waals surface area contributed by atoms with Crippen molar-refractivity contribution < 1.29 is 4.55 Å². The fourth-order valence-corrected chi connectivity index (χ4v) is 0. The average Bonchev–Trinajstić information content (AvgIpc) is 0.811. The molecule has 0 aliphatic rings. The van der Waals surface area contributed by atoms with Gasteiger partial charge in [0.1, 0.15) is 0 Å². The Balaban J connectivity index is 2.32. The van der Waals surface area contributed by atoms with Gasteiger partial charge in [0.05, 0.1) is 0 Å². The van der Waals surface area contributed by atoms with Crippen LogP contribution in [-0.4, -0.2) is 13.9 Å². The molecule has 0 bridgehead atoms. The van der Waals surface area contributed by atoms with E-state index in [0.29, 0.717) is 9.39 Å². The summed E-state index contributed by atoms with van der Waals surface area (Å²) in [5.41, 5.74) is 0. The van der Waals surface area contributed by atoms with E-state index < -0.39 is 10.8 Å². The highest BCUT2D eigenvalue weighted by Crippen LogP contribution is 1.48. The molecule has 1 unspecified atom stereocenters. The molecule has 0 aliphatic heterocycles. The van der Waals surface area contributed by atoms with Crippen LogP contribution in [-0.2, 0) is 10.8 Å². The summed E-state index contributed by atoms with van der Waals surface area (Å²) in [7, 11) is -0.373. The monoisotopic (exact) mass is 95.0 g/mol. The van der Waals surface area contributed by atoms with Gasteiger partial charge in [-0.3, -0.25) is 0 Å². The molecule has 4 heavy (non-hydrogen) atoms. The SMILES string of the molecule is N[S+]([O-])[SiH3]. The third-order valence-electron chi connectivity index (χ3n) is 0. The average molecular weight is 95.2 g/mol. The van der Waals surface area contributed by atoms with Crippen molar-refractivity contribution in [3.8, 4) is 0 Å². The van der Waals surface area contributed by atoms with Crippen molar-refractivity contribution >= 4 is 20.2 Å². The van der Waals surface area contributed by atoms with Crippen molar-refractivity contribution in [3.63, 3.8) is 0 Å². The van der Waals surface area contributed by atoms with E-state index in [9.17, 15) is 4.55 Å². The zero-order valence-corrected chi connectivity index (χ0v) is 5.21. The number of hydrogen-bond acceptors (Lipinski definition) is 2. The van der Waals surface area contributed by atoms with Gasteiger partial charge in [0.2, 0.25) is 0 Å². The highest BCUT2D eigenvalue weighted by molar-refractivity contribution is 8.10. The van der Waals surface area contributed by atoms with Crippen LogP contribution in [0, 0.1) is 0 Å². The lowest BCUT2D eigenvalue weighted by molar-refractivity contribution is 0.610. The second-order valence-electron chi connectivity index (χ2n) is 0.499. The van der Waals surface area contributed by atoms with E-state index in [1.807, 2.05) is 0 Å². The Kier molecular flexibility index (Phi) is 1.99. The first-order valence-corrected chi connectivity index (χ1v) is 4.88. The molecule has 0 amide bonds. The van der Waals surface area contributed by atoms with E-state index in [-0.39, 0.29) is 0 Å². The molecule has 0 heterocycles. The summed E-state index contributed by atoms with van der Waals surface area (Å²) in [6, 6.07) is 0. The van der Waals surface area contributed by atoms with E-state index in [1.54, 1.807) is 0 Å². The van der Waals surface area contributed by atoms with Crippen molar-refractivity contribution in [2.75, 3.05) is 0 Å². The van der Waals surface area contributed by atoms with Crippen LogP contribution < -0.4 is 5.14 Å². The Bertz CT molecular complexity index is 12.8. The fourth-order valence-electron chi connectivity index (χ4n) is 0. The highest BCUT2D eigenvalue weighted by atomic mass is 32.4. The second-order valence-corrected chi connectivity index (χ2v) is 3.91. The van der Waals surface area contributed by atoms with Gasteiger partial charge in [-0.05, 0) is 10.8 Å². The predicted molar refractivity (Wildman–Crippen MR) is 22.3 cm³/mol. The van der Waals surface area contributed by atoms with Crippen molar-refractivity contribution in [2.45, 2.75) is 0 Å². The van der Waals surface area contributed by atoms with Crippen LogP contribution in [0.5, 0.6) is 0 Å². The van der Waals surface area contributed by atoms with Crippen LogP contribution in [0.1, 0.15) is 0 Å². The molecular weight excluding hydrogens is 90.2 g/mol. The molecule has 0 aromatic rings. The summed E-state index contributed by atoms with van der Waals surface area (Å²) in [6.45, 7) is 0. The smallest absolute Gasteiger partial charge is 0.271 e. The van der Waals surface area contributed by atoms with Crippen LogP contribution in [0.3, 0.4) is 0 Å². The van der Waals surface area contributed by atoms with Crippen molar-refractivity contribution in [1.82, 2.24) is 0 Å². The molecule has 0 rings (SSSR count). The maximum absolute atomic E-state index is 9.40. The van der Waals surface area contributed by atoms with Crippen LogP contribution >= 0.6 is 0 Å². The number of rotatable bonds is 0. The second kappa shape index (κ2) is 1.77. The van der Waals surface area contributed by atoms with E-state index in [2.05, 4.69) is 5.14 Å². The third kappa shape index (κ3) is 23.2. The standard InChI is InChI=1S/H5NOSSi/c1-3(2)4/h1H2,4H3. The summed E-state index contributed by atoms with van der Waals surface area (Å²) in [5.74, 6) is 0. The molecule has 2 N–H and O–H groups in total. The zero-order chi connectivity index (χ0) is 3.58. The van der Waals surface area contributed by atoms with E-state index >= 15 is 0 Å². The largest absolute Gasteiger partial charge is 0.614 e. The van der Waals surface area contributed by atoms with Crippen LogP contribution in [0.25, 0.3) is 0 Å². The molecule has 4 heteroatoms. The van der Waals surface area contributed by atoms with Gasteiger partial charge in [-0.2, -0.15) is 5.14 Å². The molecular formula is H5NOSSi. The van der Waals surface area contributed by atoms with Crippen LogP contribution in [0.15, 0.2) is 0 Å².